The summed E-state index contributed by atoms with van der Waals surface area (Å²) in [4.78, 5) is 13.4. The van der Waals surface area contributed by atoms with Crippen molar-refractivity contribution in [3.05, 3.63) is 44.7 Å². The summed E-state index contributed by atoms with van der Waals surface area (Å²) in [5.74, 6) is -0.290. The summed E-state index contributed by atoms with van der Waals surface area (Å²) in [6, 6.07) is 5.53. The van der Waals surface area contributed by atoms with E-state index < -0.39 is 15.9 Å². The van der Waals surface area contributed by atoms with Crippen LogP contribution in [0.3, 0.4) is 0 Å². The molecule has 1 N–H and O–H groups in total. The molecule has 3 rings (SSSR count). The van der Waals surface area contributed by atoms with Crippen molar-refractivity contribution in [3.8, 4) is 11.8 Å². The Morgan fingerprint density at radius 2 is 1.89 bits per heavy atom. The topological polar surface area (TPSA) is 118 Å². The molecular formula is C27H36BrN3O6S. The molecule has 0 spiro atoms. The van der Waals surface area contributed by atoms with Gasteiger partial charge in [-0.15, -0.1) is 0 Å². The van der Waals surface area contributed by atoms with E-state index in [-0.39, 0.29) is 35.6 Å². The predicted molar refractivity (Wildman–Crippen MR) is 147 cm³/mol. The number of dihydropyridines is 1. The fourth-order valence-corrected chi connectivity index (χ4v) is 6.75. The normalized spacial score (nSPS) is 19.9. The number of hydrogen-bond acceptors (Lipinski definition) is 8. The molecule has 9 nitrogen and oxygen atoms in total. The number of allylic oxidation sites excluding steroid dienone is 4. The molecule has 0 bridgehead atoms. The molecule has 38 heavy (non-hydrogen) atoms. The van der Waals surface area contributed by atoms with E-state index in [2.05, 4.69) is 34.2 Å². The summed E-state index contributed by atoms with van der Waals surface area (Å²) in [5.41, 5.74) is 2.96. The van der Waals surface area contributed by atoms with Gasteiger partial charge in [0.1, 0.15) is 11.5 Å². The van der Waals surface area contributed by atoms with Crippen molar-refractivity contribution < 1.29 is 27.4 Å². The Kier molecular flexibility index (Phi) is 10.5. The van der Waals surface area contributed by atoms with Crippen LogP contribution in [0, 0.1) is 17.2 Å². The van der Waals surface area contributed by atoms with Crippen molar-refractivity contribution in [3.63, 3.8) is 0 Å². The number of benzene rings is 1. The van der Waals surface area contributed by atoms with Gasteiger partial charge in [-0.25, -0.2) is 12.7 Å². The van der Waals surface area contributed by atoms with Gasteiger partial charge in [0, 0.05) is 44.6 Å². The number of carbonyl (C=O) groups is 1. The van der Waals surface area contributed by atoms with E-state index in [4.69, 9.17) is 14.2 Å². The third kappa shape index (κ3) is 6.49. The first-order valence-corrected chi connectivity index (χ1v) is 14.9. The minimum Gasteiger partial charge on any atom is -0.489 e. The molecule has 2 unspecified atom stereocenters. The van der Waals surface area contributed by atoms with Crippen LogP contribution in [0.15, 0.2) is 44.0 Å². The van der Waals surface area contributed by atoms with Crippen LogP contribution in [0.4, 0.5) is 0 Å². The second-order valence-corrected chi connectivity index (χ2v) is 12.6. The highest BCUT2D eigenvalue weighted by Crippen LogP contribution is 2.46. The van der Waals surface area contributed by atoms with Gasteiger partial charge in [-0.2, -0.15) is 5.26 Å². The van der Waals surface area contributed by atoms with Gasteiger partial charge < -0.3 is 19.5 Å². The van der Waals surface area contributed by atoms with Gasteiger partial charge in [-0.05, 0) is 59.3 Å². The Labute approximate surface area is 234 Å². The maximum Gasteiger partial charge on any atom is 0.246 e. The van der Waals surface area contributed by atoms with E-state index in [0.717, 1.165) is 29.3 Å². The van der Waals surface area contributed by atoms with Crippen LogP contribution in [0.1, 0.15) is 51.0 Å². The van der Waals surface area contributed by atoms with Crippen LogP contribution in [0.2, 0.25) is 0 Å². The standard InChI is InChI=1S/C27H36BrN3O6S/c1-6-7-18-12-22-26(23(32)13-18)25(20(16-29)17(2)30-22)19-14-21(28)27(37-11-10-36-9-8-35-5)24(15-19)38(33,34)31(3)4/h14-15,18,25,30H,6-13H2,1-5H3. The molecule has 1 aliphatic heterocycles. The zero-order valence-electron chi connectivity index (χ0n) is 22.6. The van der Waals surface area contributed by atoms with E-state index in [9.17, 15) is 18.5 Å². The molecule has 2 atom stereocenters. The number of sulfonamides is 1. The molecule has 1 heterocycles. The Hall–Kier alpha value is -2.23. The minimum absolute atomic E-state index is 0.0101. The quantitative estimate of drug-likeness (QED) is 0.349. The van der Waals surface area contributed by atoms with Gasteiger partial charge in [-0.1, -0.05) is 13.3 Å². The number of ether oxygens (including phenoxy) is 3. The molecular weight excluding hydrogens is 574 g/mol. The lowest BCUT2D eigenvalue weighted by Gasteiger charge is -2.35. The largest absolute Gasteiger partial charge is 0.489 e. The van der Waals surface area contributed by atoms with Crippen LogP contribution in [0.25, 0.3) is 0 Å². The van der Waals surface area contributed by atoms with E-state index in [1.165, 1.54) is 20.2 Å². The van der Waals surface area contributed by atoms with Crippen LogP contribution in [-0.2, 0) is 24.3 Å². The Morgan fingerprint density at radius 1 is 1.18 bits per heavy atom. The summed E-state index contributed by atoms with van der Waals surface area (Å²) >= 11 is 3.51. The van der Waals surface area contributed by atoms with Crippen molar-refractivity contribution in [2.45, 2.75) is 50.3 Å². The molecule has 0 amide bonds. The van der Waals surface area contributed by atoms with Gasteiger partial charge in [0.25, 0.3) is 0 Å². The number of hydrogen-bond donors (Lipinski definition) is 1. The lowest BCUT2D eigenvalue weighted by atomic mass is 9.72. The molecule has 0 saturated heterocycles. The number of nitrogens with one attached hydrogen (secondary N) is 1. The number of Topliss-reactive ketones (excluding diaryl/α,β-unsaturated/α-hetero) is 1. The molecule has 2 aliphatic rings. The number of nitrogens with zero attached hydrogens (tertiary/aromatic N) is 2. The average Bonchev–Trinajstić information content (AvgIpc) is 2.85. The molecule has 0 saturated carbocycles. The van der Waals surface area contributed by atoms with Gasteiger partial charge in [-0.3, -0.25) is 4.79 Å². The average molecular weight is 611 g/mol. The molecule has 0 aromatic heterocycles. The second kappa shape index (κ2) is 13.2. The fraction of sp³-hybridized carbons (Fsp3) is 0.556. The summed E-state index contributed by atoms with van der Waals surface area (Å²) < 4.78 is 44.6. The smallest absolute Gasteiger partial charge is 0.246 e. The SMILES string of the molecule is CCCC1CC(=O)C2=C(C1)NC(C)=C(C#N)C2c1cc(Br)c(OCCOCCOC)c(S(=O)(=O)N(C)C)c1. The van der Waals surface area contributed by atoms with Crippen LogP contribution in [-0.4, -0.2) is 66.1 Å². The molecule has 1 aliphatic carbocycles. The zero-order chi connectivity index (χ0) is 28.0. The van der Waals surface area contributed by atoms with Gasteiger partial charge in [0.15, 0.2) is 11.5 Å². The Bertz CT molecular complexity index is 1270. The molecule has 1 aromatic carbocycles. The summed E-state index contributed by atoms with van der Waals surface area (Å²) in [5, 5.41) is 13.4. The predicted octanol–water partition coefficient (Wildman–Crippen LogP) is 4.26. The van der Waals surface area contributed by atoms with Gasteiger partial charge in [0.05, 0.1) is 41.9 Å². The monoisotopic (exact) mass is 609 g/mol. The van der Waals surface area contributed by atoms with Gasteiger partial charge >= 0.3 is 0 Å². The molecule has 0 radical (unpaired) electrons. The van der Waals surface area contributed by atoms with Crippen molar-refractivity contribution in [2.75, 3.05) is 47.6 Å². The molecule has 1 aromatic rings. The zero-order valence-corrected chi connectivity index (χ0v) is 25.0. The Morgan fingerprint density at radius 3 is 2.53 bits per heavy atom. The highest BCUT2D eigenvalue weighted by Gasteiger charge is 2.39. The van der Waals surface area contributed by atoms with Crippen molar-refractivity contribution in [1.82, 2.24) is 9.62 Å². The number of carbonyl (C=O) groups excluding carboxylic acids is 1. The van der Waals surface area contributed by atoms with E-state index in [1.54, 1.807) is 13.2 Å². The first kappa shape index (κ1) is 30.3. The molecule has 208 valence electrons. The highest BCUT2D eigenvalue weighted by atomic mass is 79.9. The van der Waals surface area contributed by atoms with Crippen molar-refractivity contribution in [1.29, 1.82) is 5.26 Å². The number of ketones is 1. The van der Waals surface area contributed by atoms with Crippen LogP contribution in [0.5, 0.6) is 5.75 Å². The van der Waals surface area contributed by atoms with Crippen LogP contribution < -0.4 is 10.1 Å². The third-order valence-electron chi connectivity index (χ3n) is 6.76. The summed E-state index contributed by atoms with van der Waals surface area (Å²) in [7, 11) is 0.536. The Balaban J connectivity index is 2.10. The number of rotatable bonds is 12. The number of methoxy groups -OCH3 is 1. The summed E-state index contributed by atoms with van der Waals surface area (Å²) in [6.45, 7) is 5.13. The minimum atomic E-state index is -3.94. The first-order chi connectivity index (χ1) is 18.1. The molecule has 0 fully saturated rings. The lowest BCUT2D eigenvalue weighted by Crippen LogP contribution is -2.34. The fourth-order valence-electron chi connectivity index (χ4n) is 4.94. The number of nitriles is 1. The third-order valence-corrected chi connectivity index (χ3v) is 9.17. The van der Waals surface area contributed by atoms with Crippen LogP contribution >= 0.6 is 15.9 Å². The highest BCUT2D eigenvalue weighted by molar-refractivity contribution is 9.10. The maximum absolute atomic E-state index is 13.4. The van der Waals surface area contributed by atoms with Crippen molar-refractivity contribution >= 4 is 31.7 Å². The lowest BCUT2D eigenvalue weighted by molar-refractivity contribution is -0.117. The van der Waals surface area contributed by atoms with Gasteiger partial charge in [0.2, 0.25) is 10.0 Å². The number of halogens is 1. The van der Waals surface area contributed by atoms with Crippen molar-refractivity contribution in [2.24, 2.45) is 5.92 Å². The molecule has 11 heteroatoms. The maximum atomic E-state index is 13.4. The van der Waals surface area contributed by atoms with E-state index in [0.29, 0.717) is 46.5 Å². The van der Waals surface area contributed by atoms with E-state index >= 15 is 0 Å². The summed E-state index contributed by atoms with van der Waals surface area (Å²) in [6.07, 6.45) is 3.06. The van der Waals surface area contributed by atoms with E-state index in [1.807, 2.05) is 6.92 Å². The first-order valence-electron chi connectivity index (χ1n) is 12.7. The second-order valence-electron chi connectivity index (χ2n) is 9.66.